The number of rotatable bonds is 3. The van der Waals surface area contributed by atoms with E-state index in [2.05, 4.69) is 31.2 Å². The Morgan fingerprint density at radius 2 is 2.19 bits per heavy atom. The van der Waals surface area contributed by atoms with Crippen molar-refractivity contribution in [1.82, 2.24) is 9.97 Å². The van der Waals surface area contributed by atoms with Gasteiger partial charge in [-0.05, 0) is 40.2 Å². The number of hydrogen-bond acceptors (Lipinski definition) is 3. The van der Waals surface area contributed by atoms with Crippen LogP contribution in [0.4, 0.5) is 5.69 Å². The fourth-order valence-electron chi connectivity index (χ4n) is 1.25. The predicted octanol–water partition coefficient (Wildman–Crippen LogP) is 3.50. The largest absolute Gasteiger partial charge is 0.379 e. The minimum absolute atomic E-state index is 0.479. The van der Waals surface area contributed by atoms with E-state index in [-0.39, 0.29) is 0 Å². The molecule has 0 atom stereocenters. The van der Waals surface area contributed by atoms with E-state index in [1.807, 2.05) is 24.3 Å². The van der Waals surface area contributed by atoms with Crippen molar-refractivity contribution >= 4 is 33.2 Å². The third kappa shape index (κ3) is 3.18. The monoisotopic (exact) mass is 297 g/mol. The lowest BCUT2D eigenvalue weighted by molar-refractivity contribution is 1.03. The van der Waals surface area contributed by atoms with Crippen molar-refractivity contribution in [3.63, 3.8) is 0 Å². The molecule has 2 aromatic heterocycles. The zero-order chi connectivity index (χ0) is 11.4. The lowest BCUT2D eigenvalue weighted by Crippen LogP contribution is -2.01. The van der Waals surface area contributed by atoms with Crippen LogP contribution in [-0.4, -0.2) is 9.97 Å². The van der Waals surface area contributed by atoms with Gasteiger partial charge in [0.2, 0.25) is 0 Å². The van der Waals surface area contributed by atoms with Crippen LogP contribution < -0.4 is 5.32 Å². The molecule has 0 aliphatic carbocycles. The number of aromatic nitrogens is 2. The van der Waals surface area contributed by atoms with Crippen LogP contribution in [-0.2, 0) is 6.54 Å². The first-order valence-corrected chi connectivity index (χ1v) is 5.88. The molecule has 82 valence electrons. The van der Waals surface area contributed by atoms with Crippen LogP contribution in [0.2, 0.25) is 5.15 Å². The van der Waals surface area contributed by atoms with Crippen molar-refractivity contribution in [3.8, 4) is 0 Å². The Kier molecular flexibility index (Phi) is 3.74. The lowest BCUT2D eigenvalue weighted by Gasteiger charge is -2.05. The molecule has 0 spiro atoms. The Balaban J connectivity index is 2.02. The van der Waals surface area contributed by atoms with Gasteiger partial charge in [0.15, 0.2) is 0 Å². The summed E-state index contributed by atoms with van der Waals surface area (Å²) in [4.78, 5) is 8.23. The molecule has 0 aliphatic heterocycles. The van der Waals surface area contributed by atoms with E-state index in [4.69, 9.17) is 11.6 Å². The second-order valence-electron chi connectivity index (χ2n) is 3.17. The highest BCUT2D eigenvalue weighted by Crippen LogP contribution is 2.13. The maximum atomic E-state index is 5.78. The van der Waals surface area contributed by atoms with E-state index in [0.717, 1.165) is 16.0 Å². The van der Waals surface area contributed by atoms with Crippen molar-refractivity contribution in [2.24, 2.45) is 0 Å². The van der Waals surface area contributed by atoms with Crippen molar-refractivity contribution in [2.45, 2.75) is 6.54 Å². The first kappa shape index (κ1) is 11.4. The fraction of sp³-hybridized carbons (Fsp3) is 0.0909. The maximum Gasteiger partial charge on any atom is 0.131 e. The molecule has 1 N–H and O–H groups in total. The molecule has 0 radical (unpaired) electrons. The molecule has 0 aromatic carbocycles. The summed E-state index contributed by atoms with van der Waals surface area (Å²) < 4.78 is 0.833. The van der Waals surface area contributed by atoms with E-state index in [0.29, 0.717) is 11.7 Å². The average molecular weight is 299 g/mol. The topological polar surface area (TPSA) is 37.8 Å². The first-order chi connectivity index (χ1) is 7.74. The van der Waals surface area contributed by atoms with Gasteiger partial charge in [0.25, 0.3) is 0 Å². The molecular formula is C11H9BrClN3. The highest BCUT2D eigenvalue weighted by atomic mass is 79.9. The van der Waals surface area contributed by atoms with E-state index < -0.39 is 0 Å². The molecule has 0 saturated heterocycles. The summed E-state index contributed by atoms with van der Waals surface area (Å²) in [6.07, 6.45) is 1.67. The molecule has 16 heavy (non-hydrogen) atoms. The highest BCUT2D eigenvalue weighted by Gasteiger charge is 1.97. The van der Waals surface area contributed by atoms with E-state index in [1.165, 1.54) is 0 Å². The van der Waals surface area contributed by atoms with Gasteiger partial charge in [-0.25, -0.2) is 9.97 Å². The van der Waals surface area contributed by atoms with Gasteiger partial charge in [0.1, 0.15) is 9.76 Å². The Bertz CT molecular complexity index is 445. The molecule has 5 heteroatoms. The van der Waals surface area contributed by atoms with Crippen LogP contribution in [0, 0.1) is 0 Å². The van der Waals surface area contributed by atoms with Crippen LogP contribution in [0.1, 0.15) is 5.69 Å². The molecule has 0 bridgehead atoms. The zero-order valence-electron chi connectivity index (χ0n) is 8.32. The Morgan fingerprint density at radius 3 is 2.94 bits per heavy atom. The van der Waals surface area contributed by atoms with Crippen molar-refractivity contribution in [3.05, 3.63) is 52.0 Å². The second kappa shape index (κ2) is 5.27. The van der Waals surface area contributed by atoms with E-state index in [9.17, 15) is 0 Å². The van der Waals surface area contributed by atoms with Gasteiger partial charge in [0, 0.05) is 11.9 Å². The van der Waals surface area contributed by atoms with Gasteiger partial charge < -0.3 is 5.32 Å². The molecule has 0 aliphatic rings. The molecule has 0 amide bonds. The smallest absolute Gasteiger partial charge is 0.131 e. The fourth-order valence-corrected chi connectivity index (χ4v) is 1.81. The van der Waals surface area contributed by atoms with Gasteiger partial charge in [-0.3, -0.25) is 0 Å². The highest BCUT2D eigenvalue weighted by molar-refractivity contribution is 9.10. The van der Waals surface area contributed by atoms with Crippen LogP contribution in [0.25, 0.3) is 0 Å². The Hall–Kier alpha value is -1.13. The summed E-state index contributed by atoms with van der Waals surface area (Å²) >= 11 is 9.11. The van der Waals surface area contributed by atoms with Crippen LogP contribution >= 0.6 is 27.5 Å². The molecule has 2 rings (SSSR count). The van der Waals surface area contributed by atoms with Crippen molar-refractivity contribution in [1.29, 1.82) is 0 Å². The number of anilines is 1. The second-order valence-corrected chi connectivity index (χ2v) is 4.37. The minimum Gasteiger partial charge on any atom is -0.379 e. The average Bonchev–Trinajstić information content (AvgIpc) is 2.27. The third-order valence-electron chi connectivity index (χ3n) is 1.97. The SMILES string of the molecule is Clc1cc(NCc2cccc(Br)n2)ccn1. The normalized spacial score (nSPS) is 10.1. The van der Waals surface area contributed by atoms with Crippen LogP contribution in [0.3, 0.4) is 0 Å². The quantitative estimate of drug-likeness (QED) is 0.881. The molecule has 2 heterocycles. The summed E-state index contributed by atoms with van der Waals surface area (Å²) in [6, 6.07) is 9.45. The third-order valence-corrected chi connectivity index (χ3v) is 2.62. The van der Waals surface area contributed by atoms with Gasteiger partial charge in [0.05, 0.1) is 12.2 Å². The summed E-state index contributed by atoms with van der Waals surface area (Å²) in [6.45, 7) is 0.653. The van der Waals surface area contributed by atoms with Crippen molar-refractivity contribution < 1.29 is 0 Å². The lowest BCUT2D eigenvalue weighted by atomic mass is 10.3. The molecule has 0 saturated carbocycles. The van der Waals surface area contributed by atoms with Gasteiger partial charge in [-0.15, -0.1) is 0 Å². The number of hydrogen-bond donors (Lipinski definition) is 1. The van der Waals surface area contributed by atoms with Crippen molar-refractivity contribution in [2.75, 3.05) is 5.32 Å². The summed E-state index contributed by atoms with van der Waals surface area (Å²) in [5.41, 5.74) is 1.89. The Labute approximate surface area is 107 Å². The molecule has 0 fully saturated rings. The summed E-state index contributed by atoms with van der Waals surface area (Å²) in [5, 5.41) is 3.70. The number of pyridine rings is 2. The van der Waals surface area contributed by atoms with Gasteiger partial charge in [-0.2, -0.15) is 0 Å². The Morgan fingerprint density at radius 1 is 1.31 bits per heavy atom. The van der Waals surface area contributed by atoms with Gasteiger partial charge >= 0.3 is 0 Å². The molecule has 2 aromatic rings. The first-order valence-electron chi connectivity index (χ1n) is 4.71. The molecular weight excluding hydrogens is 289 g/mol. The van der Waals surface area contributed by atoms with Crippen LogP contribution in [0.5, 0.6) is 0 Å². The number of nitrogens with zero attached hydrogens (tertiary/aromatic N) is 2. The predicted molar refractivity (Wildman–Crippen MR) is 68.5 cm³/mol. The molecule has 0 unspecified atom stereocenters. The van der Waals surface area contributed by atoms with E-state index in [1.54, 1.807) is 12.3 Å². The minimum atomic E-state index is 0.479. The number of nitrogens with one attached hydrogen (secondary N) is 1. The number of halogens is 2. The maximum absolute atomic E-state index is 5.78. The molecule has 3 nitrogen and oxygen atoms in total. The summed E-state index contributed by atoms with van der Waals surface area (Å²) in [5.74, 6) is 0. The zero-order valence-corrected chi connectivity index (χ0v) is 10.7. The van der Waals surface area contributed by atoms with Gasteiger partial charge in [-0.1, -0.05) is 17.7 Å². The van der Waals surface area contributed by atoms with Crippen LogP contribution in [0.15, 0.2) is 41.1 Å². The standard InChI is InChI=1S/C11H9BrClN3/c12-10-3-1-2-9(16-10)7-15-8-4-5-14-11(13)6-8/h1-6H,7H2,(H,14,15). The summed E-state index contributed by atoms with van der Waals surface area (Å²) in [7, 11) is 0. The van der Waals surface area contributed by atoms with E-state index >= 15 is 0 Å².